The van der Waals surface area contributed by atoms with Gasteiger partial charge in [-0.05, 0) is 32.3 Å². The standard InChI is InChI=1S/C20H25N5O2S/c1-13(2)25-17(10-11-21-25)22-19(26)15(4)28-20-24-23-18(27-20)12-14(3)16-8-6-5-7-9-16/h5-11,13-15H,12H2,1-4H3,(H,22,26)/t14-,15+/m0/s1. The number of amides is 1. The maximum atomic E-state index is 12.5. The van der Waals surface area contributed by atoms with Crippen molar-refractivity contribution in [2.24, 2.45) is 0 Å². The molecule has 0 saturated carbocycles. The predicted molar refractivity (Wildman–Crippen MR) is 109 cm³/mol. The molecule has 0 unspecified atom stereocenters. The van der Waals surface area contributed by atoms with Gasteiger partial charge in [-0.25, -0.2) is 4.68 Å². The smallest absolute Gasteiger partial charge is 0.277 e. The number of aromatic nitrogens is 4. The lowest BCUT2D eigenvalue weighted by atomic mass is 9.98. The Balaban J connectivity index is 1.56. The van der Waals surface area contributed by atoms with Crippen LogP contribution in [-0.2, 0) is 11.2 Å². The minimum atomic E-state index is -0.379. The molecule has 0 bridgehead atoms. The van der Waals surface area contributed by atoms with Gasteiger partial charge in [0.2, 0.25) is 11.8 Å². The molecule has 7 nitrogen and oxygen atoms in total. The van der Waals surface area contributed by atoms with E-state index in [1.807, 2.05) is 39.0 Å². The van der Waals surface area contributed by atoms with Crippen LogP contribution in [0.4, 0.5) is 5.82 Å². The first-order valence-electron chi connectivity index (χ1n) is 9.32. The Labute approximate surface area is 168 Å². The quantitative estimate of drug-likeness (QED) is 0.568. The third-order valence-electron chi connectivity index (χ3n) is 4.36. The average molecular weight is 400 g/mol. The van der Waals surface area contributed by atoms with E-state index in [0.29, 0.717) is 23.4 Å². The van der Waals surface area contributed by atoms with E-state index in [1.54, 1.807) is 16.9 Å². The minimum absolute atomic E-state index is 0.134. The highest BCUT2D eigenvalue weighted by Crippen LogP contribution is 2.26. The Morgan fingerprint density at radius 1 is 1.14 bits per heavy atom. The number of thioether (sulfide) groups is 1. The van der Waals surface area contributed by atoms with Gasteiger partial charge in [0.25, 0.3) is 5.22 Å². The molecule has 0 aliphatic heterocycles. The number of benzene rings is 1. The topological polar surface area (TPSA) is 85.8 Å². The van der Waals surface area contributed by atoms with Crippen LogP contribution in [0.15, 0.2) is 52.2 Å². The zero-order chi connectivity index (χ0) is 20.1. The average Bonchev–Trinajstić information content (AvgIpc) is 3.31. The number of carbonyl (C=O) groups is 1. The van der Waals surface area contributed by atoms with Gasteiger partial charge >= 0.3 is 0 Å². The molecule has 3 rings (SSSR count). The Kier molecular flexibility index (Phi) is 6.51. The molecule has 0 radical (unpaired) electrons. The molecule has 1 N–H and O–H groups in total. The molecule has 0 spiro atoms. The van der Waals surface area contributed by atoms with Crippen molar-refractivity contribution in [1.82, 2.24) is 20.0 Å². The normalized spacial score (nSPS) is 13.5. The van der Waals surface area contributed by atoms with Crippen LogP contribution in [0, 0.1) is 0 Å². The van der Waals surface area contributed by atoms with E-state index in [4.69, 9.17) is 4.42 Å². The second-order valence-electron chi connectivity index (χ2n) is 6.98. The van der Waals surface area contributed by atoms with E-state index in [1.165, 1.54) is 17.3 Å². The van der Waals surface area contributed by atoms with Crippen LogP contribution in [0.1, 0.15) is 51.1 Å². The number of rotatable bonds is 8. The maximum Gasteiger partial charge on any atom is 0.277 e. The van der Waals surface area contributed by atoms with Gasteiger partial charge in [-0.3, -0.25) is 4.79 Å². The number of nitrogens with zero attached hydrogens (tertiary/aromatic N) is 4. The van der Waals surface area contributed by atoms with Crippen LogP contribution in [0.5, 0.6) is 0 Å². The molecule has 3 aromatic rings. The summed E-state index contributed by atoms with van der Waals surface area (Å²) in [4.78, 5) is 12.5. The number of hydrogen-bond acceptors (Lipinski definition) is 6. The molecule has 28 heavy (non-hydrogen) atoms. The molecule has 0 fully saturated rings. The van der Waals surface area contributed by atoms with E-state index in [0.717, 1.165) is 0 Å². The lowest BCUT2D eigenvalue weighted by molar-refractivity contribution is -0.115. The lowest BCUT2D eigenvalue weighted by Crippen LogP contribution is -2.24. The zero-order valence-corrected chi connectivity index (χ0v) is 17.3. The van der Waals surface area contributed by atoms with E-state index in [-0.39, 0.29) is 23.1 Å². The number of anilines is 1. The Morgan fingerprint density at radius 2 is 1.89 bits per heavy atom. The summed E-state index contributed by atoms with van der Waals surface area (Å²) in [6, 6.07) is 12.2. The Bertz CT molecular complexity index is 906. The lowest BCUT2D eigenvalue weighted by Gasteiger charge is -2.13. The third-order valence-corrected chi connectivity index (χ3v) is 5.29. The van der Waals surface area contributed by atoms with Gasteiger partial charge < -0.3 is 9.73 Å². The van der Waals surface area contributed by atoms with E-state index < -0.39 is 0 Å². The summed E-state index contributed by atoms with van der Waals surface area (Å²) in [5.74, 6) is 1.39. The van der Waals surface area contributed by atoms with Crippen LogP contribution in [0.2, 0.25) is 0 Å². The fraction of sp³-hybridized carbons (Fsp3) is 0.400. The fourth-order valence-corrected chi connectivity index (χ4v) is 3.49. The van der Waals surface area contributed by atoms with E-state index >= 15 is 0 Å². The molecule has 2 aromatic heterocycles. The maximum absolute atomic E-state index is 12.5. The van der Waals surface area contributed by atoms with Crippen molar-refractivity contribution < 1.29 is 9.21 Å². The highest BCUT2D eigenvalue weighted by atomic mass is 32.2. The molecule has 2 heterocycles. The number of nitrogens with one attached hydrogen (secondary N) is 1. The molecule has 2 atom stereocenters. The Morgan fingerprint density at radius 3 is 2.61 bits per heavy atom. The summed E-state index contributed by atoms with van der Waals surface area (Å²) < 4.78 is 7.51. The van der Waals surface area contributed by atoms with Crippen LogP contribution in [-0.4, -0.2) is 31.1 Å². The summed E-state index contributed by atoms with van der Waals surface area (Å²) in [6.07, 6.45) is 2.33. The monoisotopic (exact) mass is 399 g/mol. The molecule has 8 heteroatoms. The molecule has 148 valence electrons. The van der Waals surface area contributed by atoms with Crippen molar-refractivity contribution in [3.05, 3.63) is 54.0 Å². The van der Waals surface area contributed by atoms with Crippen molar-refractivity contribution in [2.45, 2.75) is 56.5 Å². The number of carbonyl (C=O) groups excluding carboxylic acids is 1. The number of hydrogen-bond donors (Lipinski definition) is 1. The van der Waals surface area contributed by atoms with Crippen LogP contribution in [0.3, 0.4) is 0 Å². The molecular weight excluding hydrogens is 374 g/mol. The molecule has 0 aliphatic carbocycles. The first kappa shape index (κ1) is 20.1. The largest absolute Gasteiger partial charge is 0.416 e. The van der Waals surface area contributed by atoms with Gasteiger partial charge in [-0.15, -0.1) is 10.2 Å². The molecule has 0 aliphatic rings. The van der Waals surface area contributed by atoms with Crippen molar-refractivity contribution in [2.75, 3.05) is 5.32 Å². The third kappa shape index (κ3) is 5.01. The van der Waals surface area contributed by atoms with Crippen molar-refractivity contribution in [1.29, 1.82) is 0 Å². The molecule has 0 saturated heterocycles. The van der Waals surface area contributed by atoms with E-state index in [2.05, 4.69) is 39.7 Å². The Hall–Kier alpha value is -2.61. The predicted octanol–water partition coefficient (Wildman–Crippen LogP) is 4.31. The molecular formula is C20H25N5O2S. The SMILES string of the molecule is CC(C)n1nccc1NC(=O)[C@@H](C)Sc1nnc(C[C@H](C)c2ccccc2)o1. The van der Waals surface area contributed by atoms with Crippen molar-refractivity contribution >= 4 is 23.5 Å². The fourth-order valence-electron chi connectivity index (χ4n) is 2.79. The second kappa shape index (κ2) is 9.05. The summed E-state index contributed by atoms with van der Waals surface area (Å²) in [7, 11) is 0. The van der Waals surface area contributed by atoms with Gasteiger partial charge in [0, 0.05) is 18.5 Å². The summed E-state index contributed by atoms with van der Waals surface area (Å²) >= 11 is 1.25. The van der Waals surface area contributed by atoms with Gasteiger partial charge in [-0.1, -0.05) is 49.0 Å². The molecule has 1 amide bonds. The first-order chi connectivity index (χ1) is 13.4. The van der Waals surface area contributed by atoms with Gasteiger partial charge in [-0.2, -0.15) is 5.10 Å². The van der Waals surface area contributed by atoms with Crippen molar-refractivity contribution in [3.63, 3.8) is 0 Å². The van der Waals surface area contributed by atoms with E-state index in [9.17, 15) is 4.79 Å². The molecule has 1 aromatic carbocycles. The highest BCUT2D eigenvalue weighted by Gasteiger charge is 2.20. The second-order valence-corrected chi connectivity index (χ2v) is 8.27. The van der Waals surface area contributed by atoms with Gasteiger partial charge in [0.1, 0.15) is 5.82 Å². The van der Waals surface area contributed by atoms with Crippen molar-refractivity contribution in [3.8, 4) is 0 Å². The van der Waals surface area contributed by atoms with Crippen LogP contribution >= 0.6 is 11.8 Å². The van der Waals surface area contributed by atoms with Gasteiger partial charge in [0.05, 0.1) is 11.4 Å². The zero-order valence-electron chi connectivity index (χ0n) is 16.5. The minimum Gasteiger partial charge on any atom is -0.416 e. The van der Waals surface area contributed by atoms with Crippen LogP contribution < -0.4 is 5.32 Å². The highest BCUT2D eigenvalue weighted by molar-refractivity contribution is 8.00. The summed E-state index contributed by atoms with van der Waals surface area (Å²) in [5, 5.41) is 15.3. The van der Waals surface area contributed by atoms with Gasteiger partial charge in [0.15, 0.2) is 0 Å². The first-order valence-corrected chi connectivity index (χ1v) is 10.2. The summed E-state index contributed by atoms with van der Waals surface area (Å²) in [5.41, 5.74) is 1.23. The summed E-state index contributed by atoms with van der Waals surface area (Å²) in [6.45, 7) is 7.96. The van der Waals surface area contributed by atoms with Crippen LogP contribution in [0.25, 0.3) is 0 Å².